The zero-order valence-electron chi connectivity index (χ0n) is 10.9. The Morgan fingerprint density at radius 2 is 2.19 bits per heavy atom. The molecule has 3 N–H and O–H groups in total. The monoisotopic (exact) mass is 338 g/mol. The first-order valence-corrected chi connectivity index (χ1v) is 8.89. The highest BCUT2D eigenvalue weighted by atomic mass is 33.1. The predicted octanol–water partition coefficient (Wildman–Crippen LogP) is -0.971. The van der Waals surface area contributed by atoms with E-state index < -0.39 is 38.8 Å². The maximum Gasteiger partial charge on any atom is 0.330 e. The highest BCUT2D eigenvalue weighted by molar-refractivity contribution is 8.69. The van der Waals surface area contributed by atoms with Crippen LogP contribution in [0.25, 0.3) is 0 Å². The largest absolute Gasteiger partial charge is 0.390 e. The van der Waals surface area contributed by atoms with Crippen LogP contribution < -0.4 is 11.2 Å². The van der Waals surface area contributed by atoms with E-state index in [9.17, 15) is 23.1 Å². The first kappa shape index (κ1) is 16.2. The summed E-state index contributed by atoms with van der Waals surface area (Å²) in [6.07, 6.45) is -1.25. The normalized spacial score (nSPS) is 26.1. The van der Waals surface area contributed by atoms with Crippen LogP contribution in [-0.4, -0.2) is 45.6 Å². The van der Waals surface area contributed by atoms with Gasteiger partial charge in [-0.15, -0.1) is 0 Å². The predicted molar refractivity (Wildman–Crippen MR) is 74.6 cm³/mol. The third-order valence-electron chi connectivity index (χ3n) is 3.04. The Bertz CT molecular complexity index is 739. The number of nitrogens with zero attached hydrogens (tertiary/aromatic N) is 1. The third kappa shape index (κ3) is 3.95. The van der Waals surface area contributed by atoms with Crippen molar-refractivity contribution in [1.29, 1.82) is 0 Å². The fourth-order valence-electron chi connectivity index (χ4n) is 1.99. The van der Waals surface area contributed by atoms with Gasteiger partial charge >= 0.3 is 14.8 Å². The van der Waals surface area contributed by atoms with Gasteiger partial charge < -0.3 is 9.84 Å². The second kappa shape index (κ2) is 5.93. The summed E-state index contributed by atoms with van der Waals surface area (Å²) in [4.78, 5) is 25.1. The maximum atomic E-state index is 11.7. The lowest BCUT2D eigenvalue weighted by molar-refractivity contribution is -0.00755. The van der Waals surface area contributed by atoms with Gasteiger partial charge in [0, 0.05) is 23.9 Å². The summed E-state index contributed by atoms with van der Waals surface area (Å²) in [7, 11) is -3.99. The molecule has 0 amide bonds. The van der Waals surface area contributed by atoms with Gasteiger partial charge in [0.1, 0.15) is 6.23 Å². The van der Waals surface area contributed by atoms with Crippen molar-refractivity contribution in [2.45, 2.75) is 31.8 Å². The van der Waals surface area contributed by atoms with Crippen molar-refractivity contribution in [3.8, 4) is 0 Å². The van der Waals surface area contributed by atoms with Gasteiger partial charge in [0.25, 0.3) is 5.56 Å². The van der Waals surface area contributed by atoms with E-state index >= 15 is 0 Å². The summed E-state index contributed by atoms with van der Waals surface area (Å²) in [5.41, 5.74) is -0.873. The Balaban J connectivity index is 2.16. The van der Waals surface area contributed by atoms with Crippen LogP contribution in [0.15, 0.2) is 15.8 Å². The zero-order valence-corrected chi connectivity index (χ0v) is 12.6. The van der Waals surface area contributed by atoms with Crippen molar-refractivity contribution < 1.29 is 22.8 Å². The Labute approximate surface area is 123 Å². The lowest BCUT2D eigenvalue weighted by atomic mass is 10.2. The van der Waals surface area contributed by atoms with Gasteiger partial charge in [-0.05, 0) is 17.7 Å². The van der Waals surface area contributed by atoms with Crippen LogP contribution in [0.5, 0.6) is 0 Å². The van der Waals surface area contributed by atoms with E-state index in [0.29, 0.717) is 5.56 Å². The molecule has 11 heteroatoms. The van der Waals surface area contributed by atoms with Crippen molar-refractivity contribution in [3.05, 3.63) is 32.6 Å². The number of rotatable bonds is 4. The molecule has 0 bridgehead atoms. The summed E-state index contributed by atoms with van der Waals surface area (Å²) in [5.74, 6) is -0.173. The molecule has 0 aliphatic carbocycles. The molecule has 21 heavy (non-hydrogen) atoms. The number of H-pyrrole nitrogens is 1. The number of aromatic nitrogens is 2. The highest BCUT2D eigenvalue weighted by Gasteiger charge is 2.36. The van der Waals surface area contributed by atoms with Crippen molar-refractivity contribution >= 4 is 19.9 Å². The summed E-state index contributed by atoms with van der Waals surface area (Å²) < 4.78 is 36.6. The number of nitrogens with one attached hydrogen (secondary N) is 1. The molecule has 1 saturated heterocycles. The summed E-state index contributed by atoms with van der Waals surface area (Å²) in [6, 6.07) is 0. The van der Waals surface area contributed by atoms with Gasteiger partial charge in [-0.25, -0.2) is 4.79 Å². The molecule has 2 heterocycles. The van der Waals surface area contributed by atoms with Gasteiger partial charge in [-0.3, -0.25) is 18.9 Å². The summed E-state index contributed by atoms with van der Waals surface area (Å²) >= 11 is 0. The average molecular weight is 338 g/mol. The van der Waals surface area contributed by atoms with E-state index in [-0.39, 0.29) is 23.0 Å². The second-order valence-corrected chi connectivity index (χ2v) is 8.02. The molecule has 1 aromatic heterocycles. The number of hydrogen-bond donors (Lipinski definition) is 3. The van der Waals surface area contributed by atoms with E-state index in [1.54, 1.807) is 0 Å². The molecule has 1 aliphatic rings. The van der Waals surface area contributed by atoms with Crippen LogP contribution >= 0.6 is 10.8 Å². The Kier molecular flexibility index (Phi) is 4.58. The smallest absolute Gasteiger partial charge is 0.330 e. The standard InChI is InChI=1S/C10H14N2O7S2/c1-5-3-12(10(15)11-9(5)14)8-2-6(13)7(19-8)4-20-21(16,17)18/h3,6-8,13H,2,4H2,1H3,(H,11,14,15)(H,16,17,18)/t6-,7+,8+/m0/s1. The van der Waals surface area contributed by atoms with Gasteiger partial charge in [0.15, 0.2) is 0 Å². The van der Waals surface area contributed by atoms with Crippen LogP contribution in [0.1, 0.15) is 18.2 Å². The number of aryl methyl sites for hydroxylation is 1. The number of aromatic amines is 1. The number of hydrogen-bond acceptors (Lipinski definition) is 7. The van der Waals surface area contributed by atoms with Crippen LogP contribution in [-0.2, 0) is 13.9 Å². The van der Waals surface area contributed by atoms with E-state index in [1.807, 2.05) is 0 Å². The Hall–Kier alpha value is -1.14. The first-order valence-electron chi connectivity index (χ1n) is 5.95. The van der Waals surface area contributed by atoms with Crippen molar-refractivity contribution in [3.63, 3.8) is 0 Å². The minimum Gasteiger partial charge on any atom is -0.390 e. The SMILES string of the molecule is Cc1cn([C@H]2C[C@H](O)[C@@H](CSS(=O)(=O)O)O2)c(=O)[nH]c1=O. The topological polar surface area (TPSA) is 139 Å². The van der Waals surface area contributed by atoms with Gasteiger partial charge in [-0.1, -0.05) is 0 Å². The molecule has 1 fully saturated rings. The number of aliphatic hydroxyl groups is 1. The van der Waals surface area contributed by atoms with Crippen LogP contribution in [0.3, 0.4) is 0 Å². The molecule has 0 radical (unpaired) electrons. The van der Waals surface area contributed by atoms with Gasteiger partial charge in [0.2, 0.25) is 0 Å². The van der Waals surface area contributed by atoms with Crippen molar-refractivity contribution in [1.82, 2.24) is 9.55 Å². The third-order valence-corrected chi connectivity index (χ3v) is 5.11. The van der Waals surface area contributed by atoms with E-state index in [4.69, 9.17) is 9.29 Å². The van der Waals surface area contributed by atoms with E-state index in [0.717, 1.165) is 4.57 Å². The van der Waals surface area contributed by atoms with E-state index in [2.05, 4.69) is 4.98 Å². The van der Waals surface area contributed by atoms with Gasteiger partial charge in [0.05, 0.1) is 12.2 Å². The number of ether oxygens (including phenoxy) is 1. The van der Waals surface area contributed by atoms with E-state index in [1.165, 1.54) is 13.1 Å². The number of aliphatic hydroxyl groups excluding tert-OH is 1. The molecular weight excluding hydrogens is 324 g/mol. The highest BCUT2D eigenvalue weighted by Crippen LogP contribution is 2.30. The van der Waals surface area contributed by atoms with Crippen molar-refractivity contribution in [2.24, 2.45) is 0 Å². The molecule has 0 aromatic carbocycles. The fourth-order valence-corrected chi connectivity index (χ4v) is 3.51. The summed E-state index contributed by atoms with van der Waals surface area (Å²) in [6.45, 7) is 1.52. The molecule has 1 aliphatic heterocycles. The minimum absolute atomic E-state index is 0.0715. The first-order chi connectivity index (χ1) is 9.67. The molecule has 2 rings (SSSR count). The summed E-state index contributed by atoms with van der Waals surface area (Å²) in [5, 5.41) is 9.83. The molecule has 118 valence electrons. The molecule has 9 nitrogen and oxygen atoms in total. The van der Waals surface area contributed by atoms with Gasteiger partial charge in [-0.2, -0.15) is 8.42 Å². The lowest BCUT2D eigenvalue weighted by Gasteiger charge is -2.15. The molecule has 0 spiro atoms. The quantitative estimate of drug-likeness (QED) is 0.471. The Morgan fingerprint density at radius 3 is 2.81 bits per heavy atom. The fraction of sp³-hybridized carbons (Fsp3) is 0.600. The lowest BCUT2D eigenvalue weighted by Crippen LogP contribution is -2.33. The second-order valence-electron chi connectivity index (χ2n) is 4.62. The molecule has 1 aromatic rings. The molecule has 0 saturated carbocycles. The van der Waals surface area contributed by atoms with Crippen LogP contribution in [0.4, 0.5) is 0 Å². The molecule has 3 atom stereocenters. The maximum absolute atomic E-state index is 11.7. The van der Waals surface area contributed by atoms with Crippen LogP contribution in [0, 0.1) is 6.92 Å². The van der Waals surface area contributed by atoms with Crippen molar-refractivity contribution in [2.75, 3.05) is 5.75 Å². The minimum atomic E-state index is -4.23. The molecular formula is C10H14N2O7S2. The average Bonchev–Trinajstić information content (AvgIpc) is 2.72. The zero-order chi connectivity index (χ0) is 15.8. The Morgan fingerprint density at radius 1 is 1.52 bits per heavy atom. The molecule has 0 unspecified atom stereocenters. The van der Waals surface area contributed by atoms with Crippen LogP contribution in [0.2, 0.25) is 0 Å².